The molecule has 0 saturated carbocycles. The molecule has 0 aliphatic carbocycles. The molecule has 30 heavy (non-hydrogen) atoms. The summed E-state index contributed by atoms with van der Waals surface area (Å²) in [6.45, 7) is 4.61. The van der Waals surface area contributed by atoms with E-state index in [4.69, 9.17) is 0 Å². The van der Waals surface area contributed by atoms with Crippen molar-refractivity contribution < 1.29 is 9.18 Å². The second-order valence-electron chi connectivity index (χ2n) is 7.49. The standard InChI is InChI=1S/C25H24FN3O/c1-3-18-4-8-20(9-5-18)17(2)28-25(30)21-10-11-22-15-27-29(24(22)14-21)16-19-6-12-23(26)13-7-19/h4-15,17H,3,16H2,1-2H3,(H,28,30). The lowest BCUT2D eigenvalue weighted by molar-refractivity contribution is 0.0940. The molecule has 1 unspecified atom stereocenters. The molecule has 3 aromatic carbocycles. The van der Waals surface area contributed by atoms with Crippen LogP contribution in [0.4, 0.5) is 4.39 Å². The van der Waals surface area contributed by atoms with Crippen LogP contribution in [0.3, 0.4) is 0 Å². The molecule has 1 atom stereocenters. The molecular weight excluding hydrogens is 377 g/mol. The SMILES string of the molecule is CCc1ccc(C(C)NC(=O)c2ccc3cnn(Cc4ccc(F)cc4)c3c2)cc1. The Morgan fingerprint density at radius 2 is 1.73 bits per heavy atom. The van der Waals surface area contributed by atoms with Crippen molar-refractivity contribution in [2.45, 2.75) is 32.9 Å². The van der Waals surface area contributed by atoms with Crippen molar-refractivity contribution >= 4 is 16.8 Å². The van der Waals surface area contributed by atoms with Gasteiger partial charge in [-0.3, -0.25) is 9.48 Å². The molecule has 4 rings (SSSR count). The number of carbonyl (C=O) groups excluding carboxylic acids is 1. The summed E-state index contributed by atoms with van der Waals surface area (Å²) in [5.74, 6) is -0.389. The number of carbonyl (C=O) groups is 1. The third kappa shape index (κ3) is 4.25. The average Bonchev–Trinajstić information content (AvgIpc) is 3.17. The number of aromatic nitrogens is 2. The van der Waals surface area contributed by atoms with Crippen molar-refractivity contribution in [3.8, 4) is 0 Å². The fraction of sp³-hybridized carbons (Fsp3) is 0.200. The first-order valence-electron chi connectivity index (χ1n) is 10.1. The van der Waals surface area contributed by atoms with E-state index in [1.165, 1.54) is 17.7 Å². The number of benzene rings is 3. The Kier molecular flexibility index (Phi) is 5.61. The lowest BCUT2D eigenvalue weighted by Crippen LogP contribution is -2.26. The van der Waals surface area contributed by atoms with Gasteiger partial charge in [0.15, 0.2) is 0 Å². The molecule has 152 valence electrons. The monoisotopic (exact) mass is 401 g/mol. The summed E-state index contributed by atoms with van der Waals surface area (Å²) in [4.78, 5) is 12.8. The zero-order valence-corrected chi connectivity index (χ0v) is 17.1. The molecule has 1 aromatic heterocycles. The molecule has 0 saturated heterocycles. The third-order valence-corrected chi connectivity index (χ3v) is 5.39. The summed E-state index contributed by atoms with van der Waals surface area (Å²) in [7, 11) is 0. The van der Waals surface area contributed by atoms with Gasteiger partial charge in [-0.2, -0.15) is 5.10 Å². The van der Waals surface area contributed by atoms with Crippen molar-refractivity contribution in [3.63, 3.8) is 0 Å². The maximum Gasteiger partial charge on any atom is 0.251 e. The summed E-state index contributed by atoms with van der Waals surface area (Å²) < 4.78 is 15.0. The fourth-order valence-corrected chi connectivity index (χ4v) is 3.51. The fourth-order valence-electron chi connectivity index (χ4n) is 3.51. The Bertz CT molecular complexity index is 1160. The van der Waals surface area contributed by atoms with Gasteiger partial charge in [0, 0.05) is 10.9 Å². The highest BCUT2D eigenvalue weighted by Gasteiger charge is 2.13. The molecular formula is C25H24FN3O. The maximum absolute atomic E-state index is 13.2. The van der Waals surface area contributed by atoms with Gasteiger partial charge < -0.3 is 5.32 Å². The van der Waals surface area contributed by atoms with E-state index in [0.29, 0.717) is 12.1 Å². The minimum atomic E-state index is -0.263. The van der Waals surface area contributed by atoms with Crippen LogP contribution in [0, 0.1) is 5.82 Å². The van der Waals surface area contributed by atoms with Gasteiger partial charge in [-0.25, -0.2) is 4.39 Å². The van der Waals surface area contributed by atoms with Crippen LogP contribution in [0.25, 0.3) is 10.9 Å². The van der Waals surface area contributed by atoms with Gasteiger partial charge in [0.05, 0.1) is 24.3 Å². The summed E-state index contributed by atoms with van der Waals surface area (Å²) in [5.41, 5.74) is 4.74. The zero-order valence-electron chi connectivity index (χ0n) is 17.1. The first kappa shape index (κ1) is 19.8. The molecule has 5 heteroatoms. The van der Waals surface area contributed by atoms with Crippen molar-refractivity contribution in [2.24, 2.45) is 0 Å². The molecule has 1 amide bonds. The van der Waals surface area contributed by atoms with Crippen molar-refractivity contribution in [1.82, 2.24) is 15.1 Å². The second kappa shape index (κ2) is 8.49. The molecule has 0 aliphatic rings. The number of hydrogen-bond acceptors (Lipinski definition) is 2. The van der Waals surface area contributed by atoms with E-state index >= 15 is 0 Å². The van der Waals surface area contributed by atoms with Gasteiger partial charge in [0.1, 0.15) is 5.82 Å². The molecule has 0 radical (unpaired) electrons. The topological polar surface area (TPSA) is 46.9 Å². The van der Waals surface area contributed by atoms with Crippen LogP contribution in [-0.4, -0.2) is 15.7 Å². The van der Waals surface area contributed by atoms with E-state index in [0.717, 1.165) is 28.5 Å². The highest BCUT2D eigenvalue weighted by molar-refractivity contribution is 5.98. The molecule has 4 aromatic rings. The minimum absolute atomic E-state index is 0.0942. The van der Waals surface area contributed by atoms with E-state index in [9.17, 15) is 9.18 Å². The normalized spacial score (nSPS) is 12.1. The van der Waals surface area contributed by atoms with Crippen molar-refractivity contribution in [3.05, 3.63) is 101 Å². The predicted molar refractivity (Wildman–Crippen MR) is 117 cm³/mol. The van der Waals surface area contributed by atoms with Crippen LogP contribution < -0.4 is 5.32 Å². The van der Waals surface area contributed by atoms with Gasteiger partial charge >= 0.3 is 0 Å². The predicted octanol–water partition coefficient (Wildman–Crippen LogP) is 5.28. The van der Waals surface area contributed by atoms with Gasteiger partial charge in [-0.15, -0.1) is 0 Å². The van der Waals surface area contributed by atoms with E-state index in [-0.39, 0.29) is 17.8 Å². The van der Waals surface area contributed by atoms with E-state index in [2.05, 4.69) is 41.6 Å². The minimum Gasteiger partial charge on any atom is -0.346 e. The van der Waals surface area contributed by atoms with Crippen LogP contribution in [0.1, 0.15) is 46.9 Å². The van der Waals surface area contributed by atoms with Gasteiger partial charge in [0.2, 0.25) is 0 Å². The number of rotatable bonds is 6. The molecule has 1 heterocycles. The molecule has 0 bridgehead atoms. The van der Waals surface area contributed by atoms with Crippen molar-refractivity contribution in [2.75, 3.05) is 0 Å². The van der Waals surface area contributed by atoms with Gasteiger partial charge in [-0.1, -0.05) is 49.4 Å². The number of amides is 1. The van der Waals surface area contributed by atoms with E-state index < -0.39 is 0 Å². The average molecular weight is 401 g/mol. The zero-order chi connectivity index (χ0) is 21.1. The Morgan fingerprint density at radius 1 is 1.03 bits per heavy atom. The van der Waals surface area contributed by atoms with Crippen LogP contribution in [0.5, 0.6) is 0 Å². The Balaban J connectivity index is 1.53. The first-order valence-corrected chi connectivity index (χ1v) is 10.1. The highest BCUT2D eigenvalue weighted by Crippen LogP contribution is 2.19. The highest BCUT2D eigenvalue weighted by atomic mass is 19.1. The Morgan fingerprint density at radius 3 is 2.43 bits per heavy atom. The molecule has 4 nitrogen and oxygen atoms in total. The first-order chi connectivity index (χ1) is 14.5. The second-order valence-corrected chi connectivity index (χ2v) is 7.49. The van der Waals surface area contributed by atoms with Crippen LogP contribution in [0.2, 0.25) is 0 Å². The van der Waals surface area contributed by atoms with Crippen LogP contribution in [0.15, 0.2) is 72.9 Å². The summed E-state index contributed by atoms with van der Waals surface area (Å²) >= 11 is 0. The number of aryl methyl sites for hydroxylation is 1. The van der Waals surface area contributed by atoms with Crippen LogP contribution >= 0.6 is 0 Å². The summed E-state index contributed by atoms with van der Waals surface area (Å²) in [6.07, 6.45) is 2.77. The number of hydrogen-bond donors (Lipinski definition) is 1. The Labute approximate surface area is 175 Å². The van der Waals surface area contributed by atoms with Gasteiger partial charge in [-0.05, 0) is 54.3 Å². The van der Waals surface area contributed by atoms with E-state index in [1.807, 2.05) is 29.8 Å². The third-order valence-electron chi connectivity index (χ3n) is 5.39. The molecule has 0 aliphatic heterocycles. The van der Waals surface area contributed by atoms with E-state index in [1.54, 1.807) is 18.3 Å². The van der Waals surface area contributed by atoms with Gasteiger partial charge in [0.25, 0.3) is 5.91 Å². The number of fused-ring (bicyclic) bond motifs is 1. The smallest absolute Gasteiger partial charge is 0.251 e. The summed E-state index contributed by atoms with van der Waals surface area (Å²) in [6, 6.07) is 20.1. The Hall–Kier alpha value is -3.47. The quantitative estimate of drug-likeness (QED) is 0.478. The molecule has 0 spiro atoms. The summed E-state index contributed by atoms with van der Waals surface area (Å²) in [5, 5.41) is 8.46. The number of halogens is 1. The lowest BCUT2D eigenvalue weighted by Gasteiger charge is -2.15. The number of nitrogens with zero attached hydrogens (tertiary/aromatic N) is 2. The largest absolute Gasteiger partial charge is 0.346 e. The van der Waals surface area contributed by atoms with Crippen LogP contribution in [-0.2, 0) is 13.0 Å². The molecule has 1 N–H and O–H groups in total. The number of nitrogens with one attached hydrogen (secondary N) is 1. The lowest BCUT2D eigenvalue weighted by atomic mass is 10.0. The molecule has 0 fully saturated rings. The van der Waals surface area contributed by atoms with Crippen molar-refractivity contribution in [1.29, 1.82) is 0 Å². The maximum atomic E-state index is 13.2.